The number of carbonyl (C=O) groups excluding carboxylic acids is 1. The van der Waals surface area contributed by atoms with E-state index in [1.807, 2.05) is 6.92 Å². The fourth-order valence-corrected chi connectivity index (χ4v) is 3.17. The molecule has 0 spiro atoms. The number of carbonyl (C=O) groups is 1. The number of aryl methyl sites for hydroxylation is 1. The first kappa shape index (κ1) is 15.7. The van der Waals surface area contributed by atoms with Crippen LogP contribution >= 0.6 is 0 Å². The number of aromatic nitrogens is 3. The predicted molar refractivity (Wildman–Crippen MR) is 85.1 cm³/mol. The third-order valence-corrected chi connectivity index (χ3v) is 4.46. The molecule has 1 unspecified atom stereocenters. The Bertz CT molecular complexity index is 676. The van der Waals surface area contributed by atoms with Crippen LogP contribution in [0.3, 0.4) is 0 Å². The molecule has 0 radical (unpaired) electrons. The van der Waals surface area contributed by atoms with Gasteiger partial charge in [0, 0.05) is 38.7 Å². The monoisotopic (exact) mass is 317 g/mol. The number of amides is 1. The van der Waals surface area contributed by atoms with E-state index in [1.54, 1.807) is 31.4 Å². The van der Waals surface area contributed by atoms with Crippen molar-refractivity contribution in [2.75, 3.05) is 27.2 Å². The fourth-order valence-electron chi connectivity index (χ4n) is 3.17. The van der Waals surface area contributed by atoms with Crippen LogP contribution in [-0.2, 0) is 6.54 Å². The minimum absolute atomic E-state index is 0.000697. The zero-order chi connectivity index (χ0) is 16.4. The quantitative estimate of drug-likeness (QED) is 0.930. The van der Waals surface area contributed by atoms with E-state index in [0.717, 1.165) is 49.5 Å². The molecule has 1 aliphatic rings. The van der Waals surface area contributed by atoms with Crippen molar-refractivity contribution in [3.05, 3.63) is 35.0 Å². The van der Waals surface area contributed by atoms with E-state index in [9.17, 15) is 4.79 Å². The highest BCUT2D eigenvalue weighted by Gasteiger charge is 2.27. The van der Waals surface area contributed by atoms with Crippen LogP contribution in [0.4, 0.5) is 0 Å². The first-order chi connectivity index (χ1) is 11.1. The first-order valence-electron chi connectivity index (χ1n) is 7.93. The lowest BCUT2D eigenvalue weighted by atomic mass is 9.92. The number of rotatable bonds is 4. The van der Waals surface area contributed by atoms with Crippen LogP contribution in [0.25, 0.3) is 0 Å². The number of H-pyrrole nitrogens is 1. The standard InChI is InChI=1S/C16H23N5O2/c1-11-13(7-18-23-11)10-21-6-4-5-12(9-21)15-14(8-17-19-15)16(22)20(2)3/h7-8,12H,4-6,9-10H2,1-3H3,(H,17,19). The van der Waals surface area contributed by atoms with Gasteiger partial charge in [-0.05, 0) is 26.3 Å². The van der Waals surface area contributed by atoms with Gasteiger partial charge in [-0.2, -0.15) is 5.10 Å². The Morgan fingerprint density at radius 3 is 3.00 bits per heavy atom. The summed E-state index contributed by atoms with van der Waals surface area (Å²) in [7, 11) is 3.53. The highest BCUT2D eigenvalue weighted by Crippen LogP contribution is 2.29. The molecule has 0 aliphatic carbocycles. The Kier molecular flexibility index (Phi) is 4.47. The van der Waals surface area contributed by atoms with Crippen LogP contribution in [-0.4, -0.2) is 58.2 Å². The Morgan fingerprint density at radius 1 is 1.48 bits per heavy atom. The van der Waals surface area contributed by atoms with E-state index < -0.39 is 0 Å². The van der Waals surface area contributed by atoms with Crippen molar-refractivity contribution in [1.82, 2.24) is 25.2 Å². The molecule has 0 aromatic carbocycles. The van der Waals surface area contributed by atoms with Crippen molar-refractivity contribution < 1.29 is 9.32 Å². The van der Waals surface area contributed by atoms with Crippen LogP contribution < -0.4 is 0 Å². The molecular formula is C16H23N5O2. The summed E-state index contributed by atoms with van der Waals surface area (Å²) in [6.07, 6.45) is 5.59. The Morgan fingerprint density at radius 2 is 2.30 bits per heavy atom. The van der Waals surface area contributed by atoms with E-state index in [1.165, 1.54) is 0 Å². The molecule has 0 saturated carbocycles. The van der Waals surface area contributed by atoms with Gasteiger partial charge in [0.05, 0.1) is 23.7 Å². The lowest BCUT2D eigenvalue weighted by Gasteiger charge is -2.32. The van der Waals surface area contributed by atoms with Crippen LogP contribution in [0.1, 0.15) is 46.1 Å². The van der Waals surface area contributed by atoms with Gasteiger partial charge in [0.15, 0.2) is 0 Å². The summed E-state index contributed by atoms with van der Waals surface area (Å²) >= 11 is 0. The Labute approximate surface area is 135 Å². The second kappa shape index (κ2) is 6.54. The topological polar surface area (TPSA) is 78.3 Å². The lowest BCUT2D eigenvalue weighted by molar-refractivity contribution is 0.0825. The number of nitrogens with zero attached hydrogens (tertiary/aromatic N) is 4. The lowest BCUT2D eigenvalue weighted by Crippen LogP contribution is -2.35. The third kappa shape index (κ3) is 3.29. The Balaban J connectivity index is 1.73. The molecular weight excluding hydrogens is 294 g/mol. The minimum atomic E-state index is 0.000697. The van der Waals surface area contributed by atoms with Crippen LogP contribution in [0.5, 0.6) is 0 Å². The highest BCUT2D eigenvalue weighted by molar-refractivity contribution is 5.94. The summed E-state index contributed by atoms with van der Waals surface area (Å²) in [5, 5.41) is 11.0. The van der Waals surface area contributed by atoms with E-state index in [-0.39, 0.29) is 5.91 Å². The van der Waals surface area contributed by atoms with Crippen LogP contribution in [0.2, 0.25) is 0 Å². The van der Waals surface area contributed by atoms with Gasteiger partial charge in [-0.25, -0.2) is 0 Å². The Hall–Kier alpha value is -2.15. The average molecular weight is 317 g/mol. The van der Waals surface area contributed by atoms with E-state index >= 15 is 0 Å². The van der Waals surface area contributed by atoms with Crippen molar-refractivity contribution in [2.24, 2.45) is 0 Å². The second-order valence-electron chi connectivity index (χ2n) is 6.38. The number of aromatic amines is 1. The molecule has 1 atom stereocenters. The first-order valence-corrected chi connectivity index (χ1v) is 7.93. The van der Waals surface area contributed by atoms with Gasteiger partial charge < -0.3 is 9.42 Å². The summed E-state index contributed by atoms with van der Waals surface area (Å²) in [6, 6.07) is 0. The van der Waals surface area contributed by atoms with Crippen molar-refractivity contribution in [1.29, 1.82) is 0 Å². The zero-order valence-corrected chi connectivity index (χ0v) is 13.9. The molecule has 1 N–H and O–H groups in total. The molecule has 1 saturated heterocycles. The van der Waals surface area contributed by atoms with Crippen molar-refractivity contribution in [3.63, 3.8) is 0 Å². The van der Waals surface area contributed by atoms with Gasteiger partial charge in [-0.15, -0.1) is 0 Å². The molecule has 0 bridgehead atoms. The zero-order valence-electron chi connectivity index (χ0n) is 13.9. The third-order valence-electron chi connectivity index (χ3n) is 4.46. The largest absolute Gasteiger partial charge is 0.361 e. The predicted octanol–water partition coefficient (Wildman–Crippen LogP) is 1.79. The maximum Gasteiger partial charge on any atom is 0.256 e. The number of likely N-dealkylation sites (tertiary alicyclic amines) is 1. The van der Waals surface area contributed by atoms with E-state index in [0.29, 0.717) is 11.5 Å². The number of hydrogen-bond acceptors (Lipinski definition) is 5. The second-order valence-corrected chi connectivity index (χ2v) is 6.38. The molecule has 7 heteroatoms. The summed E-state index contributed by atoms with van der Waals surface area (Å²) in [5.74, 6) is 1.17. The maximum atomic E-state index is 12.3. The normalized spacial score (nSPS) is 19.0. The molecule has 2 aromatic heterocycles. The molecule has 1 amide bonds. The van der Waals surface area contributed by atoms with Gasteiger partial charge in [0.25, 0.3) is 5.91 Å². The van der Waals surface area contributed by atoms with Gasteiger partial charge in [0.1, 0.15) is 5.76 Å². The molecule has 124 valence electrons. The molecule has 3 heterocycles. The molecule has 3 rings (SSSR count). The van der Waals surface area contributed by atoms with Gasteiger partial charge >= 0.3 is 0 Å². The molecule has 1 fully saturated rings. The smallest absolute Gasteiger partial charge is 0.256 e. The van der Waals surface area contributed by atoms with E-state index in [4.69, 9.17) is 4.52 Å². The van der Waals surface area contributed by atoms with Crippen molar-refractivity contribution in [2.45, 2.75) is 32.2 Å². The van der Waals surface area contributed by atoms with E-state index in [2.05, 4.69) is 20.3 Å². The van der Waals surface area contributed by atoms with Crippen LogP contribution in [0.15, 0.2) is 16.9 Å². The number of nitrogens with one attached hydrogen (secondary N) is 1. The summed E-state index contributed by atoms with van der Waals surface area (Å²) < 4.78 is 5.14. The molecule has 2 aromatic rings. The maximum absolute atomic E-state index is 12.3. The summed E-state index contributed by atoms with van der Waals surface area (Å²) in [6.45, 7) is 4.72. The fraction of sp³-hybridized carbons (Fsp3) is 0.562. The molecule has 1 aliphatic heterocycles. The number of hydrogen-bond donors (Lipinski definition) is 1. The van der Waals surface area contributed by atoms with Crippen molar-refractivity contribution in [3.8, 4) is 0 Å². The SMILES string of the molecule is Cc1oncc1CN1CCCC(c2[nH]ncc2C(=O)N(C)C)C1. The van der Waals surface area contributed by atoms with Crippen LogP contribution in [0, 0.1) is 6.92 Å². The highest BCUT2D eigenvalue weighted by atomic mass is 16.5. The average Bonchev–Trinajstić information content (AvgIpc) is 3.16. The van der Waals surface area contributed by atoms with Gasteiger partial charge in [-0.3, -0.25) is 14.8 Å². The number of piperidine rings is 1. The van der Waals surface area contributed by atoms with Gasteiger partial charge in [0.2, 0.25) is 0 Å². The molecule has 7 nitrogen and oxygen atoms in total. The minimum Gasteiger partial charge on any atom is -0.361 e. The summed E-state index contributed by atoms with van der Waals surface area (Å²) in [4.78, 5) is 16.3. The summed E-state index contributed by atoms with van der Waals surface area (Å²) in [5.41, 5.74) is 2.76. The molecule has 23 heavy (non-hydrogen) atoms. The van der Waals surface area contributed by atoms with Gasteiger partial charge in [-0.1, -0.05) is 5.16 Å². The van der Waals surface area contributed by atoms with Crippen molar-refractivity contribution >= 4 is 5.91 Å².